The van der Waals surface area contributed by atoms with Crippen molar-refractivity contribution >= 4 is 5.91 Å². The molecule has 4 N–H and O–H groups in total. The summed E-state index contributed by atoms with van der Waals surface area (Å²) >= 11 is 0. The van der Waals surface area contributed by atoms with E-state index >= 15 is 0 Å². The zero-order valence-corrected chi connectivity index (χ0v) is 11.4. The molecule has 0 unspecified atom stereocenters. The normalized spacial score (nSPS) is 10.3. The fraction of sp³-hybridized carbons (Fsp3) is 0.214. The molecule has 20 heavy (non-hydrogen) atoms. The molecule has 0 atom stereocenters. The molecule has 1 aromatic carbocycles. The molecule has 0 aliphatic rings. The van der Waals surface area contributed by atoms with Gasteiger partial charge in [0.25, 0.3) is 5.91 Å². The summed E-state index contributed by atoms with van der Waals surface area (Å²) in [5.74, 6) is 0.0724. The number of rotatable bonds is 4. The average molecular weight is 272 g/mol. The van der Waals surface area contributed by atoms with Crippen LogP contribution in [0.15, 0.2) is 24.3 Å². The highest BCUT2D eigenvalue weighted by atomic mass is 16.5. The van der Waals surface area contributed by atoms with Crippen molar-refractivity contribution in [2.45, 2.75) is 20.4 Å². The van der Waals surface area contributed by atoms with E-state index in [9.17, 15) is 4.79 Å². The van der Waals surface area contributed by atoms with Crippen molar-refractivity contribution < 1.29 is 9.53 Å². The number of nitrogens with zero attached hydrogens (tertiary/aromatic N) is 2. The van der Waals surface area contributed by atoms with Crippen LogP contribution < -0.4 is 16.2 Å². The summed E-state index contributed by atoms with van der Waals surface area (Å²) in [5.41, 5.74) is 13.8. The Labute approximate surface area is 116 Å². The number of hydrogen-bond acceptors (Lipinski definition) is 5. The second-order valence-corrected chi connectivity index (χ2v) is 4.36. The smallest absolute Gasteiger partial charge is 0.252 e. The Morgan fingerprint density at radius 2 is 1.95 bits per heavy atom. The maximum Gasteiger partial charge on any atom is 0.252 e. The first kappa shape index (κ1) is 14.0. The van der Waals surface area contributed by atoms with Gasteiger partial charge >= 0.3 is 0 Å². The van der Waals surface area contributed by atoms with Crippen LogP contribution >= 0.6 is 0 Å². The van der Waals surface area contributed by atoms with Gasteiger partial charge in [0, 0.05) is 12.1 Å². The van der Waals surface area contributed by atoms with E-state index in [1.807, 2.05) is 13.8 Å². The zero-order chi connectivity index (χ0) is 14.7. The predicted molar refractivity (Wildman–Crippen MR) is 74.4 cm³/mol. The first-order valence-corrected chi connectivity index (χ1v) is 6.14. The summed E-state index contributed by atoms with van der Waals surface area (Å²) in [4.78, 5) is 11.4. The van der Waals surface area contributed by atoms with Gasteiger partial charge in [0.1, 0.15) is 5.75 Å². The molecular weight excluding hydrogens is 256 g/mol. The Morgan fingerprint density at radius 1 is 1.25 bits per heavy atom. The first-order chi connectivity index (χ1) is 9.54. The van der Waals surface area contributed by atoms with Crippen molar-refractivity contribution in [1.82, 2.24) is 10.2 Å². The molecule has 6 heteroatoms. The molecule has 2 aromatic rings. The Kier molecular flexibility index (Phi) is 3.95. The molecule has 0 saturated heterocycles. The van der Waals surface area contributed by atoms with Crippen LogP contribution in [0.1, 0.15) is 27.2 Å². The van der Waals surface area contributed by atoms with Crippen molar-refractivity contribution in [1.29, 1.82) is 0 Å². The quantitative estimate of drug-likeness (QED) is 0.876. The minimum absolute atomic E-state index is 0.274. The lowest BCUT2D eigenvalue weighted by Crippen LogP contribution is -2.13. The summed E-state index contributed by atoms with van der Waals surface area (Å²) in [7, 11) is 0. The number of carbonyl (C=O) groups is 1. The van der Waals surface area contributed by atoms with Crippen LogP contribution in [0.25, 0.3) is 0 Å². The SMILES string of the molecule is Cc1nnc(Oc2ccccc2C(N)=O)c(CN)c1C. The van der Waals surface area contributed by atoms with Gasteiger partial charge in [-0.05, 0) is 31.5 Å². The van der Waals surface area contributed by atoms with E-state index < -0.39 is 5.91 Å². The Balaban J connectivity index is 2.46. The van der Waals surface area contributed by atoms with Gasteiger partial charge in [-0.25, -0.2) is 0 Å². The number of ether oxygens (including phenoxy) is 1. The molecule has 0 radical (unpaired) electrons. The molecule has 0 saturated carbocycles. The Morgan fingerprint density at radius 3 is 2.60 bits per heavy atom. The standard InChI is InChI=1S/C14H16N4O2/c1-8-9(2)17-18-14(11(8)7-15)20-12-6-4-3-5-10(12)13(16)19/h3-6H,7,15H2,1-2H3,(H2,16,19). The van der Waals surface area contributed by atoms with Gasteiger partial charge in [0.15, 0.2) is 0 Å². The Bertz CT molecular complexity index is 656. The van der Waals surface area contributed by atoms with Crippen LogP contribution in [0.5, 0.6) is 11.6 Å². The maximum atomic E-state index is 11.4. The number of nitrogens with two attached hydrogens (primary N) is 2. The fourth-order valence-electron chi connectivity index (χ4n) is 1.82. The van der Waals surface area contributed by atoms with Gasteiger partial charge in [0.2, 0.25) is 5.88 Å². The summed E-state index contributed by atoms with van der Waals surface area (Å²) in [5, 5.41) is 8.01. The fourth-order valence-corrected chi connectivity index (χ4v) is 1.82. The summed E-state index contributed by atoms with van der Waals surface area (Å²) in [6.07, 6.45) is 0. The van der Waals surface area contributed by atoms with Crippen molar-refractivity contribution in [3.05, 3.63) is 46.6 Å². The second kappa shape index (κ2) is 5.66. The van der Waals surface area contributed by atoms with E-state index in [1.54, 1.807) is 24.3 Å². The predicted octanol–water partition coefficient (Wildman–Crippen LogP) is 1.44. The number of para-hydroxylation sites is 1. The van der Waals surface area contributed by atoms with Crippen LogP contribution in [0.2, 0.25) is 0 Å². The topological polar surface area (TPSA) is 104 Å². The van der Waals surface area contributed by atoms with Crippen molar-refractivity contribution in [2.24, 2.45) is 11.5 Å². The molecule has 0 aliphatic heterocycles. The van der Waals surface area contributed by atoms with Gasteiger partial charge in [-0.3, -0.25) is 4.79 Å². The minimum Gasteiger partial charge on any atom is -0.436 e. The van der Waals surface area contributed by atoms with Crippen molar-refractivity contribution in [3.63, 3.8) is 0 Å². The van der Waals surface area contributed by atoms with Crippen LogP contribution in [0.4, 0.5) is 0 Å². The zero-order valence-electron chi connectivity index (χ0n) is 11.4. The molecule has 1 aromatic heterocycles. The lowest BCUT2D eigenvalue weighted by molar-refractivity contribution is 0.0998. The molecule has 6 nitrogen and oxygen atoms in total. The third-order valence-electron chi connectivity index (χ3n) is 3.11. The van der Waals surface area contributed by atoms with E-state index in [-0.39, 0.29) is 12.1 Å². The molecule has 0 bridgehead atoms. The number of hydrogen-bond donors (Lipinski definition) is 2. The van der Waals surface area contributed by atoms with E-state index in [1.165, 1.54) is 0 Å². The Hall–Kier alpha value is -2.47. The number of aryl methyl sites for hydroxylation is 1. The highest BCUT2D eigenvalue weighted by Crippen LogP contribution is 2.27. The van der Waals surface area contributed by atoms with Gasteiger partial charge in [-0.1, -0.05) is 12.1 Å². The molecule has 1 amide bonds. The highest BCUT2D eigenvalue weighted by Gasteiger charge is 2.15. The molecule has 0 spiro atoms. The molecule has 0 aliphatic carbocycles. The van der Waals surface area contributed by atoms with Crippen LogP contribution in [0, 0.1) is 13.8 Å². The minimum atomic E-state index is -0.563. The number of carbonyl (C=O) groups excluding carboxylic acids is 1. The van der Waals surface area contributed by atoms with Crippen molar-refractivity contribution in [3.8, 4) is 11.6 Å². The number of benzene rings is 1. The maximum absolute atomic E-state index is 11.4. The summed E-state index contributed by atoms with van der Waals surface area (Å²) < 4.78 is 5.67. The highest BCUT2D eigenvalue weighted by molar-refractivity contribution is 5.95. The van der Waals surface area contributed by atoms with E-state index in [0.717, 1.165) is 16.8 Å². The number of primary amides is 1. The van der Waals surface area contributed by atoms with Crippen LogP contribution in [-0.2, 0) is 6.54 Å². The molecule has 2 rings (SSSR count). The summed E-state index contributed by atoms with van der Waals surface area (Å²) in [6.45, 7) is 4.03. The first-order valence-electron chi connectivity index (χ1n) is 6.14. The van der Waals surface area contributed by atoms with Gasteiger partial charge < -0.3 is 16.2 Å². The molecule has 1 heterocycles. The van der Waals surface area contributed by atoms with Crippen molar-refractivity contribution in [2.75, 3.05) is 0 Å². The lowest BCUT2D eigenvalue weighted by Gasteiger charge is -2.13. The third kappa shape index (κ3) is 2.60. The molecule has 0 fully saturated rings. The monoisotopic (exact) mass is 272 g/mol. The van der Waals surface area contributed by atoms with Gasteiger partial charge in [-0.15, -0.1) is 5.10 Å². The third-order valence-corrected chi connectivity index (χ3v) is 3.11. The largest absolute Gasteiger partial charge is 0.436 e. The summed E-state index contributed by atoms with van der Waals surface area (Å²) in [6, 6.07) is 6.70. The molecule has 104 valence electrons. The average Bonchev–Trinajstić information content (AvgIpc) is 2.43. The lowest BCUT2D eigenvalue weighted by atomic mass is 10.1. The van der Waals surface area contributed by atoms with E-state index in [2.05, 4.69) is 10.2 Å². The van der Waals surface area contributed by atoms with Crippen LogP contribution in [0.3, 0.4) is 0 Å². The second-order valence-electron chi connectivity index (χ2n) is 4.36. The van der Waals surface area contributed by atoms with Gasteiger partial charge in [0.05, 0.1) is 11.3 Å². The van der Waals surface area contributed by atoms with Gasteiger partial charge in [-0.2, -0.15) is 5.10 Å². The van der Waals surface area contributed by atoms with Crippen LogP contribution in [-0.4, -0.2) is 16.1 Å². The van der Waals surface area contributed by atoms with E-state index in [4.69, 9.17) is 16.2 Å². The van der Waals surface area contributed by atoms with E-state index in [0.29, 0.717) is 11.6 Å². The number of aromatic nitrogens is 2. The molecular formula is C14H16N4O2. The number of amides is 1.